The number of aromatic hydroxyl groups is 2. The summed E-state index contributed by atoms with van der Waals surface area (Å²) >= 11 is 5.17. The third-order valence-corrected chi connectivity index (χ3v) is 3.46. The van der Waals surface area contributed by atoms with E-state index in [-0.39, 0.29) is 11.5 Å². The lowest BCUT2D eigenvalue weighted by Gasteiger charge is -2.11. The van der Waals surface area contributed by atoms with Gasteiger partial charge in [-0.05, 0) is 55.4 Å². The topological polar surface area (TPSA) is 76.9 Å². The molecule has 0 bridgehead atoms. The van der Waals surface area contributed by atoms with Gasteiger partial charge in [-0.3, -0.25) is 5.43 Å². The summed E-state index contributed by atoms with van der Waals surface area (Å²) in [6.07, 6.45) is 1.38. The van der Waals surface area contributed by atoms with Gasteiger partial charge in [-0.25, -0.2) is 0 Å². The summed E-state index contributed by atoms with van der Waals surface area (Å²) in [4.78, 5) is 0. The average molecular weight is 315 g/mol. The van der Waals surface area contributed by atoms with Gasteiger partial charge in [0, 0.05) is 11.3 Å². The molecule has 0 aliphatic heterocycles. The lowest BCUT2D eigenvalue weighted by Crippen LogP contribution is -2.24. The number of thiocarbonyl (C=S) groups is 1. The average Bonchev–Trinajstić information content (AvgIpc) is 2.48. The summed E-state index contributed by atoms with van der Waals surface area (Å²) in [7, 11) is 0. The van der Waals surface area contributed by atoms with Gasteiger partial charge >= 0.3 is 0 Å². The molecule has 4 N–H and O–H groups in total. The van der Waals surface area contributed by atoms with Crippen LogP contribution in [-0.2, 0) is 0 Å². The Balaban J connectivity index is 1.99. The van der Waals surface area contributed by atoms with E-state index >= 15 is 0 Å². The first-order valence-corrected chi connectivity index (χ1v) is 7.07. The second kappa shape index (κ2) is 6.91. The molecular formula is C16H17N3O2S. The molecule has 0 amide bonds. The molecule has 0 unspecified atom stereocenters. The van der Waals surface area contributed by atoms with Gasteiger partial charge in [0.25, 0.3) is 0 Å². The van der Waals surface area contributed by atoms with E-state index < -0.39 is 0 Å². The van der Waals surface area contributed by atoms with Crippen LogP contribution in [0.3, 0.4) is 0 Å². The monoisotopic (exact) mass is 315 g/mol. The minimum Gasteiger partial charge on any atom is -0.504 e. The van der Waals surface area contributed by atoms with Gasteiger partial charge in [0.1, 0.15) is 0 Å². The maximum absolute atomic E-state index is 9.65. The van der Waals surface area contributed by atoms with Crippen molar-refractivity contribution >= 4 is 29.2 Å². The van der Waals surface area contributed by atoms with E-state index in [1.807, 2.05) is 32.0 Å². The molecule has 114 valence electrons. The van der Waals surface area contributed by atoms with Crippen molar-refractivity contribution in [2.45, 2.75) is 13.8 Å². The van der Waals surface area contributed by atoms with Gasteiger partial charge < -0.3 is 15.5 Å². The van der Waals surface area contributed by atoms with Gasteiger partial charge in [0.2, 0.25) is 0 Å². The first-order chi connectivity index (χ1) is 10.5. The third-order valence-electron chi connectivity index (χ3n) is 3.27. The molecule has 0 heterocycles. The molecule has 0 atom stereocenters. The number of para-hydroxylation sites is 1. The zero-order valence-corrected chi connectivity index (χ0v) is 13.1. The number of benzene rings is 2. The van der Waals surface area contributed by atoms with Crippen molar-refractivity contribution in [2.24, 2.45) is 5.10 Å². The van der Waals surface area contributed by atoms with Crippen molar-refractivity contribution in [1.82, 2.24) is 5.43 Å². The van der Waals surface area contributed by atoms with Crippen LogP contribution < -0.4 is 10.7 Å². The quantitative estimate of drug-likeness (QED) is 0.303. The Bertz CT molecular complexity index is 729. The summed E-state index contributed by atoms with van der Waals surface area (Å²) in [5, 5.41) is 26.4. The van der Waals surface area contributed by atoms with Crippen molar-refractivity contribution < 1.29 is 10.2 Å². The van der Waals surface area contributed by atoms with E-state index in [0.717, 1.165) is 11.3 Å². The number of hydrogen-bond acceptors (Lipinski definition) is 4. The molecule has 0 aromatic heterocycles. The number of rotatable bonds is 3. The molecular weight excluding hydrogens is 298 g/mol. The van der Waals surface area contributed by atoms with Crippen LogP contribution in [0.5, 0.6) is 11.5 Å². The van der Waals surface area contributed by atoms with Crippen molar-refractivity contribution in [3.05, 3.63) is 53.1 Å². The van der Waals surface area contributed by atoms with E-state index in [9.17, 15) is 10.2 Å². The van der Waals surface area contributed by atoms with E-state index in [2.05, 4.69) is 15.8 Å². The number of nitrogens with zero attached hydrogens (tertiary/aromatic N) is 1. The van der Waals surface area contributed by atoms with Gasteiger partial charge in [-0.2, -0.15) is 5.10 Å². The van der Waals surface area contributed by atoms with Crippen LogP contribution in [0.15, 0.2) is 41.5 Å². The van der Waals surface area contributed by atoms with Crippen molar-refractivity contribution in [2.75, 3.05) is 5.32 Å². The second-order valence-electron chi connectivity index (χ2n) is 4.79. The molecule has 5 nitrogen and oxygen atoms in total. The second-order valence-corrected chi connectivity index (χ2v) is 5.19. The molecule has 0 aliphatic carbocycles. The van der Waals surface area contributed by atoms with Gasteiger partial charge in [-0.1, -0.05) is 18.2 Å². The highest BCUT2D eigenvalue weighted by molar-refractivity contribution is 7.80. The van der Waals surface area contributed by atoms with Crippen LogP contribution in [0.4, 0.5) is 5.69 Å². The summed E-state index contributed by atoms with van der Waals surface area (Å²) < 4.78 is 0. The number of hydrazone groups is 1. The Hall–Kier alpha value is -2.60. The highest BCUT2D eigenvalue weighted by atomic mass is 32.1. The molecule has 22 heavy (non-hydrogen) atoms. The minimum absolute atomic E-state index is 0.194. The maximum atomic E-state index is 9.65. The van der Waals surface area contributed by atoms with Crippen molar-refractivity contribution in [3.63, 3.8) is 0 Å². The fourth-order valence-electron chi connectivity index (χ4n) is 1.85. The molecule has 6 heteroatoms. The van der Waals surface area contributed by atoms with Crippen molar-refractivity contribution in [3.8, 4) is 11.5 Å². The molecule has 0 radical (unpaired) electrons. The smallest absolute Gasteiger partial charge is 0.191 e. The van der Waals surface area contributed by atoms with Crippen LogP contribution >= 0.6 is 12.2 Å². The molecule has 0 saturated heterocycles. The standard InChI is InChI=1S/C16H17N3O2S/c1-10-5-3-7-13(11(10)2)18-16(22)19-17-9-12-6-4-8-14(20)15(12)21/h3-9,20-21H,1-2H3,(H2,18,19,22). The Kier molecular flexibility index (Phi) is 4.95. The van der Waals surface area contributed by atoms with Crippen LogP contribution in [0, 0.1) is 13.8 Å². The zero-order valence-electron chi connectivity index (χ0n) is 12.3. The highest BCUT2D eigenvalue weighted by Gasteiger charge is 2.04. The third kappa shape index (κ3) is 3.73. The Morgan fingerprint density at radius 1 is 1.14 bits per heavy atom. The van der Waals surface area contributed by atoms with Crippen LogP contribution in [0.1, 0.15) is 16.7 Å². The number of phenols is 2. The van der Waals surface area contributed by atoms with E-state index in [1.165, 1.54) is 17.8 Å². The molecule has 2 aromatic rings. The SMILES string of the molecule is Cc1cccc(NC(=S)NN=Cc2cccc(O)c2O)c1C. The predicted octanol–water partition coefficient (Wildman–Crippen LogP) is 3.04. The summed E-state index contributed by atoms with van der Waals surface area (Å²) in [6, 6.07) is 10.5. The highest BCUT2D eigenvalue weighted by Crippen LogP contribution is 2.26. The Morgan fingerprint density at radius 3 is 2.64 bits per heavy atom. The molecule has 0 spiro atoms. The van der Waals surface area contributed by atoms with Gasteiger partial charge in [0.15, 0.2) is 16.6 Å². The number of nitrogens with one attached hydrogen (secondary N) is 2. The van der Waals surface area contributed by atoms with Gasteiger partial charge in [0.05, 0.1) is 6.21 Å². The first-order valence-electron chi connectivity index (χ1n) is 6.66. The Morgan fingerprint density at radius 2 is 1.86 bits per heavy atom. The number of aryl methyl sites for hydroxylation is 1. The summed E-state index contributed by atoms with van der Waals surface area (Å²) in [6.45, 7) is 4.04. The maximum Gasteiger partial charge on any atom is 0.191 e. The largest absolute Gasteiger partial charge is 0.504 e. The van der Waals surface area contributed by atoms with Gasteiger partial charge in [-0.15, -0.1) is 0 Å². The molecule has 0 fully saturated rings. The van der Waals surface area contributed by atoms with Crippen LogP contribution in [0.2, 0.25) is 0 Å². The van der Waals surface area contributed by atoms with E-state index in [1.54, 1.807) is 12.1 Å². The molecule has 0 aliphatic rings. The predicted molar refractivity (Wildman–Crippen MR) is 92.6 cm³/mol. The minimum atomic E-state index is -0.221. The molecule has 0 saturated carbocycles. The van der Waals surface area contributed by atoms with Crippen molar-refractivity contribution in [1.29, 1.82) is 0 Å². The fourth-order valence-corrected chi connectivity index (χ4v) is 2.01. The molecule has 2 rings (SSSR count). The van der Waals surface area contributed by atoms with Crippen LogP contribution in [-0.4, -0.2) is 21.5 Å². The summed E-state index contributed by atoms with van der Waals surface area (Å²) in [5.74, 6) is -0.415. The zero-order chi connectivity index (χ0) is 16.1. The van der Waals surface area contributed by atoms with E-state index in [0.29, 0.717) is 10.7 Å². The number of phenolic OH excluding ortho intramolecular Hbond substituents is 2. The Labute approximate surface area is 134 Å². The van der Waals surface area contributed by atoms with E-state index in [4.69, 9.17) is 12.2 Å². The summed E-state index contributed by atoms with van der Waals surface area (Å²) in [5.41, 5.74) is 6.25. The number of hydrogen-bond donors (Lipinski definition) is 4. The van der Waals surface area contributed by atoms with Crippen LogP contribution in [0.25, 0.3) is 0 Å². The first kappa shape index (κ1) is 15.8. The molecule has 2 aromatic carbocycles. The fraction of sp³-hybridized carbons (Fsp3) is 0.125. The normalized spacial score (nSPS) is 10.6. The number of anilines is 1. The lowest BCUT2D eigenvalue weighted by molar-refractivity contribution is 0.403. The lowest BCUT2D eigenvalue weighted by atomic mass is 10.1.